The van der Waals surface area contributed by atoms with Gasteiger partial charge in [-0.15, -0.1) is 0 Å². The number of anilines is 1. The summed E-state index contributed by atoms with van der Waals surface area (Å²) in [5.41, 5.74) is 0.643. The lowest BCUT2D eigenvalue weighted by Crippen LogP contribution is -2.47. The predicted molar refractivity (Wildman–Crippen MR) is 76.0 cm³/mol. The van der Waals surface area contributed by atoms with Crippen molar-refractivity contribution in [1.82, 2.24) is 9.62 Å². The van der Waals surface area contributed by atoms with Crippen molar-refractivity contribution in [2.75, 3.05) is 39.1 Å². The largest absolute Gasteiger partial charge is 0.314 e. The highest BCUT2D eigenvalue weighted by atomic mass is 32.2. The van der Waals surface area contributed by atoms with Gasteiger partial charge in [0.2, 0.25) is 5.96 Å². The van der Waals surface area contributed by atoms with Gasteiger partial charge in [-0.1, -0.05) is 12.1 Å². The molecule has 1 aliphatic rings. The van der Waals surface area contributed by atoms with E-state index >= 15 is 0 Å². The van der Waals surface area contributed by atoms with Crippen molar-refractivity contribution >= 4 is 21.7 Å². The number of hydrogen-bond acceptors (Lipinski definition) is 4. The van der Waals surface area contributed by atoms with E-state index in [4.69, 9.17) is 0 Å². The number of aliphatic imine (C=N–C) groups is 1. The maximum Gasteiger partial charge on any atom is 0.266 e. The van der Waals surface area contributed by atoms with Crippen LogP contribution in [0.5, 0.6) is 0 Å². The van der Waals surface area contributed by atoms with E-state index < -0.39 is 10.0 Å². The van der Waals surface area contributed by atoms with E-state index in [9.17, 15) is 8.42 Å². The fourth-order valence-electron chi connectivity index (χ4n) is 1.81. The van der Waals surface area contributed by atoms with Gasteiger partial charge in [0.15, 0.2) is 0 Å². The van der Waals surface area contributed by atoms with Gasteiger partial charge in [-0.3, -0.25) is 4.99 Å². The standard InChI is InChI=1S/C12H18N4O2S/c1-15(2)9-8-13-12-14-19(17,18)11-7-5-4-6-10(11)16(12)3/h4-7H,8-9H2,1-3H3,(H,13,14). The molecule has 2 rings (SSSR count). The summed E-state index contributed by atoms with van der Waals surface area (Å²) in [5, 5.41) is 0. The molecule has 1 aliphatic heterocycles. The lowest BCUT2D eigenvalue weighted by molar-refractivity contribution is 0.420. The highest BCUT2D eigenvalue weighted by molar-refractivity contribution is 7.90. The van der Waals surface area contributed by atoms with Gasteiger partial charge < -0.3 is 9.80 Å². The number of sulfonamides is 1. The van der Waals surface area contributed by atoms with Crippen LogP contribution in [0, 0.1) is 0 Å². The molecule has 0 atom stereocenters. The van der Waals surface area contributed by atoms with Crippen molar-refractivity contribution in [3.63, 3.8) is 0 Å². The number of guanidine groups is 1. The van der Waals surface area contributed by atoms with Crippen LogP contribution in [0.25, 0.3) is 0 Å². The maximum atomic E-state index is 12.1. The van der Waals surface area contributed by atoms with Crippen molar-refractivity contribution in [1.29, 1.82) is 0 Å². The molecule has 0 aromatic heterocycles. The lowest BCUT2D eigenvalue weighted by atomic mass is 10.3. The molecule has 0 amide bonds. The number of benzene rings is 1. The van der Waals surface area contributed by atoms with Crippen LogP contribution in [-0.4, -0.2) is 53.5 Å². The van der Waals surface area contributed by atoms with E-state index in [0.717, 1.165) is 6.54 Å². The highest BCUT2D eigenvalue weighted by Crippen LogP contribution is 2.27. The minimum atomic E-state index is -3.51. The topological polar surface area (TPSA) is 65.0 Å². The first-order chi connectivity index (χ1) is 8.92. The zero-order valence-electron chi connectivity index (χ0n) is 11.3. The molecule has 1 aromatic carbocycles. The first-order valence-electron chi connectivity index (χ1n) is 5.96. The molecule has 0 spiro atoms. The molecule has 0 aliphatic carbocycles. The van der Waals surface area contributed by atoms with Crippen molar-refractivity contribution < 1.29 is 8.42 Å². The first kappa shape index (κ1) is 13.8. The van der Waals surface area contributed by atoms with Crippen LogP contribution in [0.2, 0.25) is 0 Å². The van der Waals surface area contributed by atoms with Gasteiger partial charge in [0, 0.05) is 13.6 Å². The maximum absolute atomic E-state index is 12.1. The number of nitrogens with one attached hydrogen (secondary N) is 1. The SMILES string of the molecule is CN(C)CCN=C1NS(=O)(=O)c2ccccc2N1C. The zero-order chi connectivity index (χ0) is 14.0. The minimum Gasteiger partial charge on any atom is -0.314 e. The second-order valence-electron chi connectivity index (χ2n) is 4.64. The molecule has 0 saturated heterocycles. The molecule has 1 heterocycles. The van der Waals surface area contributed by atoms with Crippen LogP contribution >= 0.6 is 0 Å². The van der Waals surface area contributed by atoms with Crippen LogP contribution in [0.1, 0.15) is 0 Å². The van der Waals surface area contributed by atoms with Crippen molar-refractivity contribution in [2.24, 2.45) is 4.99 Å². The van der Waals surface area contributed by atoms with Gasteiger partial charge >= 0.3 is 0 Å². The Labute approximate surface area is 113 Å². The van der Waals surface area contributed by atoms with Crippen molar-refractivity contribution in [3.05, 3.63) is 24.3 Å². The first-order valence-corrected chi connectivity index (χ1v) is 7.45. The molecule has 0 saturated carbocycles. The van der Waals surface area contributed by atoms with E-state index in [1.165, 1.54) is 0 Å². The second-order valence-corrected chi connectivity index (χ2v) is 6.29. The predicted octanol–water partition coefficient (Wildman–Crippen LogP) is 0.332. The summed E-state index contributed by atoms with van der Waals surface area (Å²) >= 11 is 0. The Balaban J connectivity index is 2.33. The molecule has 0 unspecified atom stereocenters. The van der Waals surface area contributed by atoms with Crippen molar-refractivity contribution in [3.8, 4) is 0 Å². The van der Waals surface area contributed by atoms with Crippen LogP contribution < -0.4 is 9.62 Å². The third kappa shape index (κ3) is 2.87. The Kier molecular flexibility index (Phi) is 3.77. The number of nitrogens with zero attached hydrogens (tertiary/aromatic N) is 3. The average molecular weight is 282 g/mol. The lowest BCUT2D eigenvalue weighted by Gasteiger charge is -2.29. The molecule has 0 bridgehead atoms. The normalized spacial score (nSPS) is 19.4. The third-order valence-electron chi connectivity index (χ3n) is 2.87. The number of rotatable bonds is 3. The van der Waals surface area contributed by atoms with Gasteiger partial charge in [0.25, 0.3) is 10.0 Å². The molecule has 1 N–H and O–H groups in total. The van der Waals surface area contributed by atoms with Gasteiger partial charge in [0.05, 0.1) is 12.2 Å². The molecule has 0 fully saturated rings. The van der Waals surface area contributed by atoms with Crippen LogP contribution in [0.3, 0.4) is 0 Å². The molecule has 1 aromatic rings. The molecular weight excluding hydrogens is 264 g/mol. The molecule has 19 heavy (non-hydrogen) atoms. The Bertz CT molecular complexity index is 596. The average Bonchev–Trinajstić information content (AvgIpc) is 2.35. The zero-order valence-corrected chi connectivity index (χ0v) is 12.1. The summed E-state index contributed by atoms with van der Waals surface area (Å²) in [6.45, 7) is 1.30. The van der Waals surface area contributed by atoms with Gasteiger partial charge in [0.1, 0.15) is 4.90 Å². The Morgan fingerprint density at radius 2 is 2.00 bits per heavy atom. The summed E-state index contributed by atoms with van der Waals surface area (Å²) in [5.74, 6) is 0.362. The fourth-order valence-corrected chi connectivity index (χ4v) is 3.10. The monoisotopic (exact) mass is 282 g/mol. The molecule has 6 nitrogen and oxygen atoms in total. The summed E-state index contributed by atoms with van der Waals surface area (Å²) in [7, 11) is 2.19. The molecule has 0 radical (unpaired) electrons. The van der Waals surface area contributed by atoms with E-state index in [-0.39, 0.29) is 4.90 Å². The fraction of sp³-hybridized carbons (Fsp3) is 0.417. The highest BCUT2D eigenvalue weighted by Gasteiger charge is 2.29. The van der Waals surface area contributed by atoms with Gasteiger partial charge in [-0.25, -0.2) is 13.1 Å². The minimum absolute atomic E-state index is 0.282. The summed E-state index contributed by atoms with van der Waals surface area (Å²) in [6, 6.07) is 6.88. The number of hydrogen-bond donors (Lipinski definition) is 1. The number of fused-ring (bicyclic) bond motifs is 1. The second kappa shape index (κ2) is 5.18. The van der Waals surface area contributed by atoms with E-state index in [1.807, 2.05) is 25.1 Å². The summed E-state index contributed by atoms with van der Waals surface area (Å²) in [4.78, 5) is 8.34. The van der Waals surface area contributed by atoms with Crippen LogP contribution in [-0.2, 0) is 10.0 Å². The number of para-hydroxylation sites is 1. The van der Waals surface area contributed by atoms with Crippen LogP contribution in [0.15, 0.2) is 34.2 Å². The molecule has 104 valence electrons. The Morgan fingerprint density at radius 1 is 1.32 bits per heavy atom. The summed E-state index contributed by atoms with van der Waals surface area (Å²) < 4.78 is 26.7. The summed E-state index contributed by atoms with van der Waals surface area (Å²) in [6.07, 6.45) is 0. The molecular formula is C12H18N4O2S. The van der Waals surface area contributed by atoms with E-state index in [0.29, 0.717) is 18.2 Å². The Morgan fingerprint density at radius 3 is 2.68 bits per heavy atom. The van der Waals surface area contributed by atoms with Crippen LogP contribution in [0.4, 0.5) is 5.69 Å². The van der Waals surface area contributed by atoms with E-state index in [1.54, 1.807) is 30.1 Å². The molecule has 7 heteroatoms. The van der Waals surface area contributed by atoms with E-state index in [2.05, 4.69) is 9.71 Å². The van der Waals surface area contributed by atoms with Crippen molar-refractivity contribution in [2.45, 2.75) is 4.90 Å². The quantitative estimate of drug-likeness (QED) is 0.868. The number of likely N-dealkylation sites (N-methyl/N-ethyl adjacent to an activating group) is 1. The van der Waals surface area contributed by atoms with Gasteiger partial charge in [-0.2, -0.15) is 0 Å². The Hall–Kier alpha value is -1.60. The smallest absolute Gasteiger partial charge is 0.266 e. The van der Waals surface area contributed by atoms with Gasteiger partial charge in [-0.05, 0) is 26.2 Å². The third-order valence-corrected chi connectivity index (χ3v) is 4.24.